The molecule has 0 amide bonds. The quantitative estimate of drug-likeness (QED) is 0.799. The molecule has 3 N–H and O–H groups in total. The molecule has 0 radical (unpaired) electrons. The first-order valence-electron chi connectivity index (χ1n) is 5.64. The molecule has 0 fully saturated rings. The van der Waals surface area contributed by atoms with E-state index in [1.54, 1.807) is 0 Å². The molecule has 0 bridgehead atoms. The van der Waals surface area contributed by atoms with E-state index in [4.69, 9.17) is 10.5 Å². The van der Waals surface area contributed by atoms with Crippen LogP contribution < -0.4 is 10.5 Å². The third-order valence-electron chi connectivity index (χ3n) is 3.17. The van der Waals surface area contributed by atoms with E-state index in [0.29, 0.717) is 0 Å². The molecule has 2 rings (SSSR count). The van der Waals surface area contributed by atoms with Gasteiger partial charge in [-0.15, -0.1) is 0 Å². The third kappa shape index (κ3) is 1.81. The predicted molar refractivity (Wildman–Crippen MR) is 63.6 cm³/mol. The summed E-state index contributed by atoms with van der Waals surface area (Å²) in [5, 5.41) is 9.81. The van der Waals surface area contributed by atoms with Gasteiger partial charge in [-0.3, -0.25) is 0 Å². The number of hydrogen-bond donors (Lipinski definition) is 2. The first-order chi connectivity index (χ1) is 7.44. The highest BCUT2D eigenvalue weighted by Gasteiger charge is 2.32. The van der Waals surface area contributed by atoms with Gasteiger partial charge in [0, 0.05) is 18.5 Å². The van der Waals surface area contributed by atoms with Crippen LogP contribution in [0.3, 0.4) is 0 Å². The molecule has 88 valence electrons. The molecule has 1 heterocycles. The fourth-order valence-corrected chi connectivity index (χ4v) is 2.31. The Morgan fingerprint density at radius 3 is 2.81 bits per heavy atom. The van der Waals surface area contributed by atoms with Crippen LogP contribution in [-0.4, -0.2) is 17.3 Å². The Bertz CT molecular complexity index is 413. The van der Waals surface area contributed by atoms with Gasteiger partial charge < -0.3 is 15.6 Å². The van der Waals surface area contributed by atoms with Crippen molar-refractivity contribution in [2.24, 2.45) is 5.73 Å². The van der Waals surface area contributed by atoms with Crippen molar-refractivity contribution in [1.82, 2.24) is 0 Å². The van der Waals surface area contributed by atoms with Crippen LogP contribution >= 0.6 is 0 Å². The fourth-order valence-electron chi connectivity index (χ4n) is 2.31. The minimum Gasteiger partial charge on any atom is -0.487 e. The summed E-state index contributed by atoms with van der Waals surface area (Å²) in [6, 6.07) is 3.85. The van der Waals surface area contributed by atoms with Crippen molar-refractivity contribution in [3.63, 3.8) is 0 Å². The lowest BCUT2D eigenvalue weighted by atomic mass is 9.93. The van der Waals surface area contributed by atoms with E-state index in [-0.39, 0.29) is 12.1 Å². The molecule has 0 saturated heterocycles. The average molecular weight is 221 g/mol. The number of ether oxygens (including phenoxy) is 1. The molecule has 1 aromatic carbocycles. The first kappa shape index (κ1) is 11.4. The second-order valence-electron chi connectivity index (χ2n) is 5.05. The third-order valence-corrected chi connectivity index (χ3v) is 3.17. The zero-order valence-corrected chi connectivity index (χ0v) is 10.1. The first-order valence-corrected chi connectivity index (χ1v) is 5.64. The molecule has 0 aromatic heterocycles. The Morgan fingerprint density at radius 2 is 2.19 bits per heavy atom. The minimum atomic E-state index is -0.575. The summed E-state index contributed by atoms with van der Waals surface area (Å²) in [6.45, 7) is 6.43. The topological polar surface area (TPSA) is 55.5 Å². The minimum absolute atomic E-state index is 0.140. The van der Waals surface area contributed by atoms with E-state index in [0.717, 1.165) is 23.3 Å². The zero-order valence-electron chi connectivity index (χ0n) is 10.1. The van der Waals surface area contributed by atoms with Crippen molar-refractivity contribution in [3.05, 3.63) is 28.8 Å². The molecule has 1 aliphatic rings. The molecule has 3 heteroatoms. The Balaban J connectivity index is 2.44. The van der Waals surface area contributed by atoms with E-state index >= 15 is 0 Å². The molecular formula is C13H19NO2. The van der Waals surface area contributed by atoms with Gasteiger partial charge in [0.15, 0.2) is 0 Å². The molecule has 16 heavy (non-hydrogen) atoms. The molecule has 1 unspecified atom stereocenters. The second kappa shape index (κ2) is 3.75. The molecule has 1 atom stereocenters. The Morgan fingerprint density at radius 1 is 1.50 bits per heavy atom. The molecule has 1 aromatic rings. The van der Waals surface area contributed by atoms with E-state index in [1.807, 2.05) is 19.1 Å². The van der Waals surface area contributed by atoms with Gasteiger partial charge in [0.2, 0.25) is 0 Å². The van der Waals surface area contributed by atoms with Crippen LogP contribution in [0.2, 0.25) is 0 Å². The van der Waals surface area contributed by atoms with Gasteiger partial charge in [-0.25, -0.2) is 0 Å². The van der Waals surface area contributed by atoms with E-state index in [2.05, 4.69) is 13.8 Å². The zero-order chi connectivity index (χ0) is 11.9. The Labute approximate surface area is 96.2 Å². The number of hydrogen-bond acceptors (Lipinski definition) is 3. The number of fused-ring (bicyclic) bond motifs is 1. The normalized spacial score (nSPS) is 19.1. The summed E-state index contributed by atoms with van der Waals surface area (Å²) in [5.41, 5.74) is 8.59. The van der Waals surface area contributed by atoms with Crippen LogP contribution in [0.5, 0.6) is 5.75 Å². The lowest BCUT2D eigenvalue weighted by Crippen LogP contribution is -2.24. The van der Waals surface area contributed by atoms with Crippen molar-refractivity contribution in [2.75, 3.05) is 6.54 Å². The molecule has 0 spiro atoms. The van der Waals surface area contributed by atoms with Crippen molar-refractivity contribution >= 4 is 0 Å². The summed E-state index contributed by atoms with van der Waals surface area (Å²) in [5.74, 6) is 0.940. The van der Waals surface area contributed by atoms with Crippen molar-refractivity contribution in [3.8, 4) is 5.75 Å². The van der Waals surface area contributed by atoms with Crippen LogP contribution in [-0.2, 0) is 6.42 Å². The van der Waals surface area contributed by atoms with E-state index in [9.17, 15) is 5.11 Å². The van der Waals surface area contributed by atoms with Crippen LogP contribution in [0.4, 0.5) is 0 Å². The lowest BCUT2D eigenvalue weighted by Gasteiger charge is -2.16. The number of rotatable bonds is 2. The van der Waals surface area contributed by atoms with Crippen LogP contribution in [0.15, 0.2) is 12.1 Å². The summed E-state index contributed by atoms with van der Waals surface area (Å²) >= 11 is 0. The van der Waals surface area contributed by atoms with Gasteiger partial charge in [-0.05, 0) is 38.0 Å². The monoisotopic (exact) mass is 221 g/mol. The molecule has 0 saturated carbocycles. The van der Waals surface area contributed by atoms with Crippen LogP contribution in [0, 0.1) is 6.92 Å². The molecular weight excluding hydrogens is 202 g/mol. The van der Waals surface area contributed by atoms with Crippen molar-refractivity contribution < 1.29 is 9.84 Å². The second-order valence-corrected chi connectivity index (χ2v) is 5.05. The van der Waals surface area contributed by atoms with Gasteiger partial charge in [0.1, 0.15) is 11.4 Å². The maximum Gasteiger partial charge on any atom is 0.123 e. The summed E-state index contributed by atoms with van der Waals surface area (Å²) in [7, 11) is 0. The number of aliphatic hydroxyl groups is 1. The molecule has 3 nitrogen and oxygen atoms in total. The number of nitrogens with two attached hydrogens (primary N) is 1. The Hall–Kier alpha value is -1.06. The fraction of sp³-hybridized carbons (Fsp3) is 0.538. The highest BCUT2D eigenvalue weighted by molar-refractivity contribution is 5.48. The van der Waals surface area contributed by atoms with Crippen LogP contribution in [0.25, 0.3) is 0 Å². The van der Waals surface area contributed by atoms with Gasteiger partial charge in [0.25, 0.3) is 0 Å². The van der Waals surface area contributed by atoms with Gasteiger partial charge in [-0.2, -0.15) is 0 Å². The van der Waals surface area contributed by atoms with Gasteiger partial charge in [-0.1, -0.05) is 6.07 Å². The van der Waals surface area contributed by atoms with Gasteiger partial charge >= 0.3 is 0 Å². The SMILES string of the molecule is Cc1c(C(O)CN)ccc2c1CC(C)(C)O2. The number of benzene rings is 1. The van der Waals surface area contributed by atoms with E-state index in [1.165, 1.54) is 5.56 Å². The van der Waals surface area contributed by atoms with Crippen molar-refractivity contribution in [2.45, 2.75) is 38.9 Å². The highest BCUT2D eigenvalue weighted by atomic mass is 16.5. The number of aliphatic hydroxyl groups excluding tert-OH is 1. The lowest BCUT2D eigenvalue weighted by molar-refractivity contribution is 0.138. The summed E-state index contributed by atoms with van der Waals surface area (Å²) < 4.78 is 5.83. The molecule has 0 aliphatic carbocycles. The summed E-state index contributed by atoms with van der Waals surface area (Å²) in [6.07, 6.45) is 0.313. The average Bonchev–Trinajstić information content (AvgIpc) is 2.53. The molecule has 1 aliphatic heterocycles. The van der Waals surface area contributed by atoms with Gasteiger partial charge in [0.05, 0.1) is 6.10 Å². The van der Waals surface area contributed by atoms with E-state index < -0.39 is 6.10 Å². The maximum atomic E-state index is 9.81. The summed E-state index contributed by atoms with van der Waals surface area (Å²) in [4.78, 5) is 0. The maximum absolute atomic E-state index is 9.81. The van der Waals surface area contributed by atoms with Crippen molar-refractivity contribution in [1.29, 1.82) is 0 Å². The predicted octanol–water partition coefficient (Wildman–Crippen LogP) is 1.70. The smallest absolute Gasteiger partial charge is 0.123 e. The highest BCUT2D eigenvalue weighted by Crippen LogP contribution is 2.38. The standard InChI is InChI=1S/C13H19NO2/c1-8-9(11(15)7-14)4-5-12-10(8)6-13(2,3)16-12/h4-5,11,15H,6-7,14H2,1-3H3. The van der Waals surface area contributed by atoms with Crippen LogP contribution in [0.1, 0.15) is 36.6 Å². The largest absolute Gasteiger partial charge is 0.487 e. The Kier molecular flexibility index (Phi) is 2.68.